The van der Waals surface area contributed by atoms with Gasteiger partial charge in [0.25, 0.3) is 10.0 Å². The van der Waals surface area contributed by atoms with Gasteiger partial charge in [-0.25, -0.2) is 18.2 Å². The highest BCUT2D eigenvalue weighted by Crippen LogP contribution is 2.32. The smallest absolute Gasteiger partial charge is 0.408 e. The third kappa shape index (κ3) is 3.41. The number of oxazole rings is 1. The maximum Gasteiger partial charge on any atom is 0.419 e. The number of anilines is 1. The molecule has 0 atom stereocenters. The van der Waals surface area contributed by atoms with Crippen LogP contribution in [0.3, 0.4) is 0 Å². The van der Waals surface area contributed by atoms with Gasteiger partial charge >= 0.3 is 5.76 Å². The van der Waals surface area contributed by atoms with Crippen molar-refractivity contribution >= 4 is 48.4 Å². The molecular weight excluding hydrogens is 434 g/mol. The zero-order chi connectivity index (χ0) is 21.8. The minimum atomic E-state index is -3.86. The summed E-state index contributed by atoms with van der Waals surface area (Å²) in [5, 5.41) is 0.878. The highest BCUT2D eigenvalue weighted by atomic mass is 32.2. The van der Waals surface area contributed by atoms with Gasteiger partial charge in [0.1, 0.15) is 5.01 Å². The van der Waals surface area contributed by atoms with E-state index in [-0.39, 0.29) is 10.5 Å². The average molecular weight is 452 g/mol. The quantitative estimate of drug-likeness (QED) is 0.434. The van der Waals surface area contributed by atoms with Gasteiger partial charge in [-0.15, -0.1) is 11.3 Å². The zero-order valence-corrected chi connectivity index (χ0v) is 18.3. The second-order valence-corrected chi connectivity index (χ2v) is 9.89. The number of hydrogen-bond donors (Lipinski definition) is 1. The van der Waals surface area contributed by atoms with E-state index < -0.39 is 15.8 Å². The molecule has 0 saturated carbocycles. The molecule has 7 nitrogen and oxygen atoms in total. The van der Waals surface area contributed by atoms with Crippen LogP contribution in [-0.4, -0.2) is 18.0 Å². The van der Waals surface area contributed by atoms with E-state index in [1.54, 1.807) is 30.5 Å². The van der Waals surface area contributed by atoms with Crippen molar-refractivity contribution in [1.82, 2.24) is 9.55 Å². The molecule has 1 N–H and O–H groups in total. The number of nitrogens with one attached hydrogen (secondary N) is 1. The van der Waals surface area contributed by atoms with E-state index in [4.69, 9.17) is 4.42 Å². The summed E-state index contributed by atoms with van der Waals surface area (Å²) in [6.07, 6.45) is 0. The van der Waals surface area contributed by atoms with Crippen LogP contribution >= 0.6 is 11.3 Å². The number of aromatic nitrogens is 2. The molecule has 0 aliphatic rings. The van der Waals surface area contributed by atoms with Crippen LogP contribution in [0.15, 0.2) is 74.8 Å². The highest BCUT2D eigenvalue weighted by molar-refractivity contribution is 7.92. The SMILES string of the molecule is Cc1cc(-c2nc3ccccc3s2)ccc1NS(=O)(=O)c1ccc2c(c1)oc(=O)n2C. The Morgan fingerprint density at radius 3 is 2.65 bits per heavy atom. The van der Waals surface area contributed by atoms with Gasteiger partial charge in [0.2, 0.25) is 0 Å². The Kier molecular flexibility index (Phi) is 4.45. The Balaban J connectivity index is 1.47. The van der Waals surface area contributed by atoms with Crippen molar-refractivity contribution in [2.45, 2.75) is 11.8 Å². The van der Waals surface area contributed by atoms with Crippen molar-refractivity contribution in [3.05, 3.63) is 76.8 Å². The Bertz CT molecular complexity index is 1590. The standard InChI is InChI=1S/C22H17N3O4S2/c1-13-11-14(21-23-17-5-3-4-6-20(17)30-21)7-9-16(13)24-31(27,28)15-8-10-18-19(12-15)29-22(26)25(18)2/h3-12,24H,1-2H3. The summed E-state index contributed by atoms with van der Waals surface area (Å²) >= 11 is 1.59. The maximum atomic E-state index is 12.9. The topological polar surface area (TPSA) is 94.2 Å². The third-order valence-corrected chi connectivity index (χ3v) is 7.53. The van der Waals surface area contributed by atoms with Gasteiger partial charge in [0.15, 0.2) is 5.58 Å². The minimum Gasteiger partial charge on any atom is -0.408 e. The van der Waals surface area contributed by atoms with Crippen LogP contribution in [0.25, 0.3) is 31.9 Å². The van der Waals surface area contributed by atoms with E-state index in [1.165, 1.54) is 16.7 Å². The van der Waals surface area contributed by atoms with Crippen molar-refractivity contribution in [3.63, 3.8) is 0 Å². The normalized spacial score (nSPS) is 11.9. The lowest BCUT2D eigenvalue weighted by Gasteiger charge is -2.11. The third-order valence-electron chi connectivity index (χ3n) is 5.09. The molecule has 0 unspecified atom stereocenters. The predicted molar refractivity (Wildman–Crippen MR) is 122 cm³/mol. The van der Waals surface area contributed by atoms with E-state index in [0.717, 1.165) is 26.4 Å². The van der Waals surface area contributed by atoms with Crippen molar-refractivity contribution in [2.24, 2.45) is 7.05 Å². The number of sulfonamides is 1. The maximum absolute atomic E-state index is 12.9. The molecule has 5 aromatic rings. The molecule has 0 saturated heterocycles. The first-order chi connectivity index (χ1) is 14.8. The first-order valence-corrected chi connectivity index (χ1v) is 11.7. The Labute approximate surface area is 181 Å². The fourth-order valence-corrected chi connectivity index (χ4v) is 5.50. The Morgan fingerprint density at radius 2 is 1.87 bits per heavy atom. The molecule has 9 heteroatoms. The molecule has 5 rings (SSSR count). The fraction of sp³-hybridized carbons (Fsp3) is 0.0909. The number of fused-ring (bicyclic) bond motifs is 2. The predicted octanol–water partition coefficient (Wildman–Crippen LogP) is 4.52. The van der Waals surface area contributed by atoms with Crippen LogP contribution in [0.5, 0.6) is 0 Å². The van der Waals surface area contributed by atoms with Crippen molar-refractivity contribution in [2.75, 3.05) is 4.72 Å². The van der Waals surface area contributed by atoms with Crippen LogP contribution in [0.1, 0.15) is 5.56 Å². The van der Waals surface area contributed by atoms with Gasteiger partial charge < -0.3 is 4.42 Å². The van der Waals surface area contributed by atoms with Crippen LogP contribution in [0.4, 0.5) is 5.69 Å². The number of rotatable bonds is 4. The lowest BCUT2D eigenvalue weighted by Crippen LogP contribution is -2.13. The molecule has 2 heterocycles. The van der Waals surface area contributed by atoms with E-state index in [9.17, 15) is 13.2 Å². The molecule has 3 aromatic carbocycles. The first kappa shape index (κ1) is 19.5. The summed E-state index contributed by atoms with van der Waals surface area (Å²) in [6.45, 7) is 1.84. The lowest BCUT2D eigenvalue weighted by molar-refractivity contribution is 0.527. The highest BCUT2D eigenvalue weighted by Gasteiger charge is 2.18. The lowest BCUT2D eigenvalue weighted by atomic mass is 10.1. The molecule has 0 bridgehead atoms. The van der Waals surface area contributed by atoms with E-state index in [0.29, 0.717) is 11.2 Å². The molecule has 0 spiro atoms. The largest absolute Gasteiger partial charge is 0.419 e. The van der Waals surface area contributed by atoms with Gasteiger partial charge in [-0.3, -0.25) is 9.29 Å². The number of aryl methyl sites for hydroxylation is 2. The fourth-order valence-electron chi connectivity index (χ4n) is 3.39. The monoisotopic (exact) mass is 451 g/mol. The molecule has 0 aliphatic heterocycles. The van der Waals surface area contributed by atoms with E-state index in [2.05, 4.69) is 9.71 Å². The number of para-hydroxylation sites is 1. The summed E-state index contributed by atoms with van der Waals surface area (Å²) in [6, 6.07) is 17.8. The van der Waals surface area contributed by atoms with Gasteiger partial charge in [-0.05, 0) is 55.0 Å². The van der Waals surface area contributed by atoms with E-state index >= 15 is 0 Å². The minimum absolute atomic E-state index is 0.0176. The van der Waals surface area contributed by atoms with Crippen molar-refractivity contribution in [1.29, 1.82) is 0 Å². The molecule has 0 amide bonds. The summed E-state index contributed by atoms with van der Waals surface area (Å²) in [7, 11) is -2.30. The number of thiazole rings is 1. The van der Waals surface area contributed by atoms with Gasteiger partial charge in [0.05, 0.1) is 26.3 Å². The summed E-state index contributed by atoms with van der Waals surface area (Å²) in [4.78, 5) is 16.3. The second-order valence-electron chi connectivity index (χ2n) is 7.18. The molecule has 31 heavy (non-hydrogen) atoms. The number of nitrogens with zero attached hydrogens (tertiary/aromatic N) is 2. The first-order valence-electron chi connectivity index (χ1n) is 9.41. The second kappa shape index (κ2) is 7.07. The van der Waals surface area contributed by atoms with Crippen LogP contribution in [-0.2, 0) is 17.1 Å². The van der Waals surface area contributed by atoms with Crippen LogP contribution in [0.2, 0.25) is 0 Å². The number of hydrogen-bond acceptors (Lipinski definition) is 6. The molecule has 0 aliphatic carbocycles. The molecular formula is C22H17N3O4S2. The van der Waals surface area contributed by atoms with Crippen LogP contribution in [0, 0.1) is 6.92 Å². The molecule has 0 fully saturated rings. The average Bonchev–Trinajstić information content (AvgIpc) is 3.30. The number of benzene rings is 3. The van der Waals surface area contributed by atoms with E-state index in [1.807, 2.05) is 43.3 Å². The molecule has 156 valence electrons. The molecule has 0 radical (unpaired) electrons. The Morgan fingerprint density at radius 1 is 1.06 bits per heavy atom. The summed E-state index contributed by atoms with van der Waals surface area (Å²) in [5.74, 6) is -0.543. The van der Waals surface area contributed by atoms with Crippen molar-refractivity contribution < 1.29 is 12.8 Å². The zero-order valence-electron chi connectivity index (χ0n) is 16.6. The van der Waals surface area contributed by atoms with Gasteiger partial charge in [-0.1, -0.05) is 12.1 Å². The van der Waals surface area contributed by atoms with Crippen molar-refractivity contribution in [3.8, 4) is 10.6 Å². The summed E-state index contributed by atoms with van der Waals surface area (Å²) < 4.78 is 36.0. The molecule has 2 aromatic heterocycles. The van der Waals surface area contributed by atoms with Gasteiger partial charge in [-0.2, -0.15) is 0 Å². The van der Waals surface area contributed by atoms with Gasteiger partial charge in [0, 0.05) is 18.7 Å². The Hall–Kier alpha value is -3.43. The van der Waals surface area contributed by atoms with Crippen LogP contribution < -0.4 is 10.5 Å². The summed E-state index contributed by atoms with van der Waals surface area (Å²) in [5.41, 5.74) is 3.85.